The van der Waals surface area contributed by atoms with Gasteiger partial charge in [0.15, 0.2) is 0 Å². The molecule has 5 nitrogen and oxygen atoms in total. The smallest absolute Gasteiger partial charge is 0.254 e. The van der Waals surface area contributed by atoms with Crippen molar-refractivity contribution in [3.05, 3.63) is 42.5 Å². The lowest BCUT2D eigenvalue weighted by molar-refractivity contribution is 0.0390. The zero-order valence-electron chi connectivity index (χ0n) is 14.5. The third-order valence-corrected chi connectivity index (χ3v) is 6.77. The molecule has 0 aromatic heterocycles. The molecule has 1 amide bonds. The summed E-state index contributed by atoms with van der Waals surface area (Å²) < 4.78 is 26.6. The summed E-state index contributed by atoms with van der Waals surface area (Å²) in [6.07, 6.45) is 8.55. The molecule has 1 saturated carbocycles. The number of nitrogens with one attached hydrogen (secondary N) is 1. The van der Waals surface area contributed by atoms with Gasteiger partial charge in [0, 0.05) is 24.7 Å². The molecular formula is C19H26N2O3S. The molecule has 136 valence electrons. The van der Waals surface area contributed by atoms with Gasteiger partial charge in [0.2, 0.25) is 10.0 Å². The number of hydrogen-bond acceptors (Lipinski definition) is 3. The van der Waals surface area contributed by atoms with Crippen molar-refractivity contribution in [3.63, 3.8) is 0 Å². The number of carbonyl (C=O) groups excluding carboxylic acids is 1. The maximum atomic E-state index is 12.9. The minimum atomic E-state index is -3.55. The number of rotatable bonds is 5. The van der Waals surface area contributed by atoms with Gasteiger partial charge in [-0.15, -0.1) is 6.58 Å². The number of benzene rings is 1. The Morgan fingerprint density at radius 1 is 1.16 bits per heavy atom. The minimum absolute atomic E-state index is 0.0274. The van der Waals surface area contributed by atoms with Crippen LogP contribution in [0.25, 0.3) is 0 Å². The number of carbonyl (C=O) groups is 1. The van der Waals surface area contributed by atoms with Gasteiger partial charge in [-0.2, -0.15) is 0 Å². The van der Waals surface area contributed by atoms with Gasteiger partial charge < -0.3 is 4.90 Å². The summed E-state index contributed by atoms with van der Waals surface area (Å²) in [5.74, 6) is 0.661. The Morgan fingerprint density at radius 3 is 2.56 bits per heavy atom. The van der Waals surface area contributed by atoms with Crippen LogP contribution in [0, 0.1) is 5.92 Å². The Kier molecular flexibility index (Phi) is 5.59. The van der Waals surface area contributed by atoms with E-state index in [1.807, 2.05) is 4.90 Å². The molecule has 0 radical (unpaired) electrons. The van der Waals surface area contributed by atoms with Gasteiger partial charge in [0.25, 0.3) is 5.91 Å². The first-order chi connectivity index (χ1) is 12.0. The van der Waals surface area contributed by atoms with Crippen LogP contribution >= 0.6 is 0 Å². The average Bonchev–Trinajstić information content (AvgIpc) is 2.65. The summed E-state index contributed by atoms with van der Waals surface area (Å²) in [5.41, 5.74) is 0.564. The first-order valence-electron chi connectivity index (χ1n) is 9.04. The minimum Gasteiger partial charge on any atom is -0.335 e. The van der Waals surface area contributed by atoms with Gasteiger partial charge in [-0.05, 0) is 55.9 Å². The summed E-state index contributed by atoms with van der Waals surface area (Å²) in [6.45, 7) is 4.49. The van der Waals surface area contributed by atoms with E-state index in [0.29, 0.717) is 17.5 Å². The van der Waals surface area contributed by atoms with Crippen molar-refractivity contribution in [2.45, 2.75) is 49.5 Å². The van der Waals surface area contributed by atoms with E-state index in [-0.39, 0.29) is 17.3 Å². The van der Waals surface area contributed by atoms with Crippen molar-refractivity contribution in [1.82, 2.24) is 9.62 Å². The molecule has 2 aliphatic rings. The average molecular weight is 362 g/mol. The summed E-state index contributed by atoms with van der Waals surface area (Å²) in [5, 5.41) is 0. The lowest BCUT2D eigenvalue weighted by Crippen LogP contribution is -2.49. The first kappa shape index (κ1) is 18.1. The van der Waals surface area contributed by atoms with Gasteiger partial charge in [-0.1, -0.05) is 18.9 Å². The molecule has 1 aromatic carbocycles. The second-order valence-electron chi connectivity index (χ2n) is 6.92. The molecule has 1 saturated heterocycles. The van der Waals surface area contributed by atoms with Crippen molar-refractivity contribution >= 4 is 15.9 Å². The van der Waals surface area contributed by atoms with E-state index >= 15 is 0 Å². The number of likely N-dealkylation sites (tertiary alicyclic amines) is 1. The SMILES string of the molecule is C=CCNS(=O)(=O)c1ccc(C(=O)N2CCCC3CCCCC32)cc1. The molecule has 0 spiro atoms. The summed E-state index contributed by atoms with van der Waals surface area (Å²) >= 11 is 0. The first-order valence-corrected chi connectivity index (χ1v) is 10.5. The normalized spacial score (nSPS) is 23.8. The fourth-order valence-corrected chi connectivity index (χ4v) is 5.07. The fraction of sp³-hybridized carbons (Fsp3) is 0.526. The largest absolute Gasteiger partial charge is 0.335 e. The Hall–Kier alpha value is -1.66. The third kappa shape index (κ3) is 3.96. The standard InChI is InChI=1S/C19H26N2O3S/c1-2-13-20-25(23,24)17-11-9-16(10-12-17)19(22)21-14-5-7-15-6-3-4-8-18(15)21/h2,9-12,15,18,20H,1,3-8,13-14H2. The Bertz CT molecular complexity index is 726. The summed E-state index contributed by atoms with van der Waals surface area (Å²) in [7, 11) is -3.55. The van der Waals surface area contributed by atoms with Crippen molar-refractivity contribution in [1.29, 1.82) is 0 Å². The fourth-order valence-electron chi connectivity index (χ4n) is 4.07. The van der Waals surface area contributed by atoms with Gasteiger partial charge in [0.1, 0.15) is 0 Å². The van der Waals surface area contributed by atoms with E-state index in [4.69, 9.17) is 0 Å². The molecular weight excluding hydrogens is 336 g/mol. The maximum Gasteiger partial charge on any atom is 0.254 e. The lowest BCUT2D eigenvalue weighted by Gasteiger charge is -2.44. The molecule has 1 aliphatic heterocycles. The molecule has 1 N–H and O–H groups in total. The van der Waals surface area contributed by atoms with E-state index in [9.17, 15) is 13.2 Å². The summed E-state index contributed by atoms with van der Waals surface area (Å²) in [4.78, 5) is 15.1. The van der Waals surface area contributed by atoms with Crippen LogP contribution in [0.3, 0.4) is 0 Å². The summed E-state index contributed by atoms with van der Waals surface area (Å²) in [6, 6.07) is 6.60. The number of hydrogen-bond donors (Lipinski definition) is 1. The van der Waals surface area contributed by atoms with Gasteiger partial charge in [-0.25, -0.2) is 13.1 Å². The predicted octanol–water partition coefficient (Wildman–Crippen LogP) is 2.95. The second-order valence-corrected chi connectivity index (χ2v) is 8.68. The zero-order chi connectivity index (χ0) is 17.9. The van der Waals surface area contributed by atoms with Crippen LogP contribution in [-0.2, 0) is 10.0 Å². The Morgan fingerprint density at radius 2 is 1.84 bits per heavy atom. The van der Waals surface area contributed by atoms with Crippen molar-refractivity contribution < 1.29 is 13.2 Å². The van der Waals surface area contributed by atoms with Crippen LogP contribution in [0.15, 0.2) is 41.8 Å². The number of sulfonamides is 1. The second kappa shape index (κ2) is 7.70. The van der Waals surface area contributed by atoms with Gasteiger partial charge >= 0.3 is 0 Å². The molecule has 2 unspecified atom stereocenters. The van der Waals surface area contributed by atoms with Gasteiger partial charge in [-0.3, -0.25) is 4.79 Å². The van der Waals surface area contributed by atoms with Crippen LogP contribution in [-0.4, -0.2) is 38.4 Å². The van der Waals surface area contributed by atoms with Crippen molar-refractivity contribution in [3.8, 4) is 0 Å². The lowest BCUT2D eigenvalue weighted by atomic mass is 9.78. The maximum absolute atomic E-state index is 12.9. The van der Waals surface area contributed by atoms with Crippen molar-refractivity contribution in [2.24, 2.45) is 5.92 Å². The van der Waals surface area contributed by atoms with E-state index in [0.717, 1.165) is 19.4 Å². The molecule has 25 heavy (non-hydrogen) atoms. The molecule has 1 heterocycles. The highest BCUT2D eigenvalue weighted by atomic mass is 32.2. The van der Waals surface area contributed by atoms with E-state index in [1.54, 1.807) is 12.1 Å². The Labute approximate surface area is 150 Å². The number of fused-ring (bicyclic) bond motifs is 1. The molecule has 2 fully saturated rings. The van der Waals surface area contributed by atoms with Crippen LogP contribution in [0.1, 0.15) is 48.9 Å². The molecule has 0 bridgehead atoms. The molecule has 1 aromatic rings. The quantitative estimate of drug-likeness (QED) is 0.819. The van der Waals surface area contributed by atoms with Crippen LogP contribution in [0.5, 0.6) is 0 Å². The highest BCUT2D eigenvalue weighted by Gasteiger charge is 2.35. The highest BCUT2D eigenvalue weighted by molar-refractivity contribution is 7.89. The van der Waals surface area contributed by atoms with Crippen LogP contribution < -0.4 is 4.72 Å². The number of piperidine rings is 1. The zero-order valence-corrected chi connectivity index (χ0v) is 15.3. The van der Waals surface area contributed by atoms with Crippen LogP contribution in [0.4, 0.5) is 0 Å². The number of nitrogens with zero attached hydrogens (tertiary/aromatic N) is 1. The molecule has 2 atom stereocenters. The Balaban J connectivity index is 1.75. The third-order valence-electron chi connectivity index (χ3n) is 5.33. The van der Waals surface area contributed by atoms with E-state index in [1.165, 1.54) is 43.9 Å². The van der Waals surface area contributed by atoms with Gasteiger partial charge in [0.05, 0.1) is 4.90 Å². The van der Waals surface area contributed by atoms with Crippen molar-refractivity contribution in [2.75, 3.05) is 13.1 Å². The molecule has 3 rings (SSSR count). The topological polar surface area (TPSA) is 66.5 Å². The van der Waals surface area contributed by atoms with E-state index < -0.39 is 10.0 Å². The number of amides is 1. The molecule has 6 heteroatoms. The van der Waals surface area contributed by atoms with E-state index in [2.05, 4.69) is 11.3 Å². The van der Waals surface area contributed by atoms with Crippen LogP contribution in [0.2, 0.25) is 0 Å². The molecule has 1 aliphatic carbocycles. The predicted molar refractivity (Wildman–Crippen MR) is 97.8 cm³/mol. The highest BCUT2D eigenvalue weighted by Crippen LogP contribution is 2.35. The monoisotopic (exact) mass is 362 g/mol.